The maximum absolute atomic E-state index is 5.71. The highest BCUT2D eigenvalue weighted by molar-refractivity contribution is 5.90. The van der Waals surface area contributed by atoms with E-state index in [-0.39, 0.29) is 5.41 Å². The highest BCUT2D eigenvalue weighted by Crippen LogP contribution is 2.36. The second-order valence-electron chi connectivity index (χ2n) is 8.12. The van der Waals surface area contributed by atoms with Gasteiger partial charge in [0.1, 0.15) is 11.6 Å². The van der Waals surface area contributed by atoms with Crippen LogP contribution in [0.1, 0.15) is 18.4 Å². The highest BCUT2D eigenvalue weighted by Gasteiger charge is 2.34. The molecule has 5 rings (SSSR count). The molecule has 2 aromatic carbocycles. The van der Waals surface area contributed by atoms with Crippen LogP contribution in [0, 0.1) is 0 Å². The molecular weight excluding hydrogens is 400 g/mol. The smallest absolute Gasteiger partial charge is 0.162 e. The molecule has 0 saturated carbocycles. The zero-order chi connectivity index (χ0) is 21.8. The van der Waals surface area contributed by atoms with Crippen molar-refractivity contribution in [1.82, 2.24) is 15.0 Å². The van der Waals surface area contributed by atoms with Crippen molar-refractivity contribution in [3.05, 3.63) is 78.6 Å². The molecule has 2 aromatic heterocycles. The third-order valence-corrected chi connectivity index (χ3v) is 6.29. The van der Waals surface area contributed by atoms with Crippen molar-refractivity contribution in [2.45, 2.75) is 18.3 Å². The number of hydrogen-bond donors (Lipinski definition) is 1. The molecule has 6 nitrogen and oxygen atoms in total. The first kappa shape index (κ1) is 20.4. The molecule has 3 heterocycles. The van der Waals surface area contributed by atoms with E-state index in [4.69, 9.17) is 19.4 Å². The lowest BCUT2D eigenvalue weighted by atomic mass is 9.74. The number of fused-ring (bicyclic) bond motifs is 1. The van der Waals surface area contributed by atoms with Crippen LogP contribution < -0.4 is 10.1 Å². The number of anilines is 1. The molecule has 1 N–H and O–H groups in total. The summed E-state index contributed by atoms with van der Waals surface area (Å²) in [4.78, 5) is 13.8. The van der Waals surface area contributed by atoms with Crippen molar-refractivity contribution in [3.8, 4) is 17.1 Å². The molecule has 0 spiro atoms. The van der Waals surface area contributed by atoms with Crippen molar-refractivity contribution in [1.29, 1.82) is 0 Å². The average molecular weight is 427 g/mol. The monoisotopic (exact) mass is 426 g/mol. The van der Waals surface area contributed by atoms with Gasteiger partial charge in [-0.25, -0.2) is 9.97 Å². The number of methoxy groups -OCH3 is 1. The van der Waals surface area contributed by atoms with Crippen LogP contribution >= 0.6 is 0 Å². The molecule has 1 fully saturated rings. The number of nitrogens with one attached hydrogen (secondary N) is 1. The van der Waals surface area contributed by atoms with Gasteiger partial charge in [-0.2, -0.15) is 0 Å². The lowest BCUT2D eigenvalue weighted by Crippen LogP contribution is -2.40. The van der Waals surface area contributed by atoms with Gasteiger partial charge in [0, 0.05) is 48.5 Å². The van der Waals surface area contributed by atoms with E-state index in [1.165, 1.54) is 5.56 Å². The van der Waals surface area contributed by atoms with Crippen LogP contribution in [0.5, 0.6) is 5.75 Å². The first-order chi connectivity index (χ1) is 15.8. The van der Waals surface area contributed by atoms with Gasteiger partial charge in [-0.1, -0.05) is 24.3 Å². The fraction of sp³-hybridized carbons (Fsp3) is 0.269. The minimum Gasteiger partial charge on any atom is -0.497 e. The molecule has 0 aliphatic carbocycles. The topological polar surface area (TPSA) is 69.2 Å². The number of ether oxygens (including phenoxy) is 2. The van der Waals surface area contributed by atoms with Gasteiger partial charge in [-0.15, -0.1) is 0 Å². The molecule has 1 aliphatic rings. The Labute approximate surface area is 187 Å². The molecule has 1 saturated heterocycles. The Morgan fingerprint density at radius 3 is 2.44 bits per heavy atom. The number of para-hydroxylation sites is 1. The quantitative estimate of drug-likeness (QED) is 0.475. The molecule has 1 aliphatic heterocycles. The Morgan fingerprint density at radius 2 is 1.69 bits per heavy atom. The van der Waals surface area contributed by atoms with E-state index in [2.05, 4.69) is 28.5 Å². The minimum absolute atomic E-state index is 0.0343. The van der Waals surface area contributed by atoms with Crippen LogP contribution in [0.3, 0.4) is 0 Å². The first-order valence-electron chi connectivity index (χ1n) is 10.9. The number of benzene rings is 2. The molecule has 0 atom stereocenters. The average Bonchev–Trinajstić information content (AvgIpc) is 2.88. The fourth-order valence-electron chi connectivity index (χ4n) is 4.37. The first-order valence-corrected chi connectivity index (χ1v) is 10.9. The maximum atomic E-state index is 5.71. The van der Waals surface area contributed by atoms with E-state index >= 15 is 0 Å². The molecule has 0 amide bonds. The third-order valence-electron chi connectivity index (χ3n) is 6.29. The second-order valence-corrected chi connectivity index (χ2v) is 8.12. The largest absolute Gasteiger partial charge is 0.497 e. The van der Waals surface area contributed by atoms with Gasteiger partial charge >= 0.3 is 0 Å². The summed E-state index contributed by atoms with van der Waals surface area (Å²) in [6, 6.07) is 20.4. The van der Waals surface area contributed by atoms with Crippen molar-refractivity contribution in [2.75, 3.05) is 32.2 Å². The Bertz CT molecular complexity index is 1190. The normalized spacial score (nSPS) is 15.4. The molecular formula is C26H26N4O2. The van der Waals surface area contributed by atoms with Crippen LogP contribution in [0.25, 0.3) is 22.3 Å². The minimum atomic E-state index is -0.0343. The number of hydrogen-bond acceptors (Lipinski definition) is 6. The highest BCUT2D eigenvalue weighted by atomic mass is 16.5. The zero-order valence-corrected chi connectivity index (χ0v) is 18.1. The number of aromatic nitrogens is 3. The van der Waals surface area contributed by atoms with Crippen LogP contribution in [0.15, 0.2) is 73.1 Å². The molecule has 0 radical (unpaired) electrons. The molecule has 6 heteroatoms. The van der Waals surface area contributed by atoms with Crippen LogP contribution in [-0.4, -0.2) is 41.8 Å². The van der Waals surface area contributed by atoms with Crippen molar-refractivity contribution >= 4 is 16.7 Å². The van der Waals surface area contributed by atoms with E-state index in [0.717, 1.165) is 60.6 Å². The number of rotatable bonds is 6. The number of nitrogens with zero attached hydrogens (tertiary/aromatic N) is 3. The van der Waals surface area contributed by atoms with Crippen molar-refractivity contribution < 1.29 is 9.47 Å². The molecule has 32 heavy (non-hydrogen) atoms. The zero-order valence-electron chi connectivity index (χ0n) is 18.1. The molecule has 4 aromatic rings. The Hall–Kier alpha value is -3.51. The van der Waals surface area contributed by atoms with E-state index in [0.29, 0.717) is 5.82 Å². The van der Waals surface area contributed by atoms with E-state index < -0.39 is 0 Å². The lowest BCUT2D eigenvalue weighted by molar-refractivity contribution is 0.0543. The van der Waals surface area contributed by atoms with Crippen molar-refractivity contribution in [2.24, 2.45) is 0 Å². The van der Waals surface area contributed by atoms with Gasteiger partial charge in [0.25, 0.3) is 0 Å². The molecule has 162 valence electrons. The van der Waals surface area contributed by atoms with E-state index in [1.54, 1.807) is 19.5 Å². The van der Waals surface area contributed by atoms with Gasteiger partial charge in [0.2, 0.25) is 0 Å². The van der Waals surface area contributed by atoms with Gasteiger partial charge in [0.15, 0.2) is 5.82 Å². The summed E-state index contributed by atoms with van der Waals surface area (Å²) in [5, 5.41) is 4.70. The SMILES string of the molecule is COc1ccc(C2(CNc3nc(-c4ccncc4)nc4ccccc34)CCOCC2)cc1. The fourth-order valence-corrected chi connectivity index (χ4v) is 4.37. The van der Waals surface area contributed by atoms with Crippen LogP contribution in [0.4, 0.5) is 5.82 Å². The summed E-state index contributed by atoms with van der Waals surface area (Å²) in [6.45, 7) is 2.26. The molecule has 0 bridgehead atoms. The summed E-state index contributed by atoms with van der Waals surface area (Å²) in [5.74, 6) is 2.41. The standard InChI is InChI=1S/C26H26N4O2/c1-31-21-8-6-20(7-9-21)26(12-16-32-17-13-26)18-28-25-22-4-2-3-5-23(22)29-24(30-25)19-10-14-27-15-11-19/h2-11,14-15H,12-13,16-18H2,1H3,(H,28,29,30). The summed E-state index contributed by atoms with van der Waals surface area (Å²) in [6.07, 6.45) is 5.43. The summed E-state index contributed by atoms with van der Waals surface area (Å²) >= 11 is 0. The van der Waals surface area contributed by atoms with Crippen LogP contribution in [0.2, 0.25) is 0 Å². The van der Waals surface area contributed by atoms with E-state index in [9.17, 15) is 0 Å². The third kappa shape index (κ3) is 4.01. The van der Waals surface area contributed by atoms with Gasteiger partial charge in [0.05, 0.1) is 12.6 Å². The lowest BCUT2D eigenvalue weighted by Gasteiger charge is -2.38. The van der Waals surface area contributed by atoms with Gasteiger partial charge in [-0.05, 0) is 54.8 Å². The predicted molar refractivity (Wildman–Crippen MR) is 126 cm³/mol. The van der Waals surface area contributed by atoms with Crippen LogP contribution in [-0.2, 0) is 10.2 Å². The van der Waals surface area contributed by atoms with E-state index in [1.807, 2.05) is 42.5 Å². The summed E-state index contributed by atoms with van der Waals surface area (Å²) in [7, 11) is 1.70. The Morgan fingerprint density at radius 1 is 0.938 bits per heavy atom. The summed E-state index contributed by atoms with van der Waals surface area (Å²) in [5.41, 5.74) is 3.13. The number of pyridine rings is 1. The van der Waals surface area contributed by atoms with Crippen molar-refractivity contribution in [3.63, 3.8) is 0 Å². The van der Waals surface area contributed by atoms with Gasteiger partial charge < -0.3 is 14.8 Å². The summed E-state index contributed by atoms with van der Waals surface area (Å²) < 4.78 is 11.1. The predicted octanol–water partition coefficient (Wildman–Crippen LogP) is 4.86. The second kappa shape index (κ2) is 8.93. The van der Waals surface area contributed by atoms with Gasteiger partial charge in [-0.3, -0.25) is 4.98 Å². The maximum Gasteiger partial charge on any atom is 0.162 e. The Kier molecular flexibility index (Phi) is 5.69. The molecule has 0 unspecified atom stereocenters. The Balaban J connectivity index is 1.51.